The fourth-order valence-corrected chi connectivity index (χ4v) is 1.62. The van der Waals surface area contributed by atoms with Crippen molar-refractivity contribution < 1.29 is 19.8 Å². The Morgan fingerprint density at radius 2 is 1.94 bits per heavy atom. The summed E-state index contributed by atoms with van der Waals surface area (Å²) in [6.07, 6.45) is 0. The number of carboxylic acids is 1. The molecule has 1 amide bonds. The standard InChI is InChI=1S/C13H17NO4/c1-8(2)14(7-11(15)16)13(18)10-6-4-5-9(3)12(10)17/h4-6,8,17H,7H2,1-3H3,(H,15,16). The molecule has 18 heavy (non-hydrogen) atoms. The van der Waals surface area contributed by atoms with E-state index in [9.17, 15) is 14.7 Å². The molecule has 0 aliphatic rings. The predicted molar refractivity (Wildman–Crippen MR) is 66.7 cm³/mol. The number of para-hydroxylation sites is 1. The van der Waals surface area contributed by atoms with Gasteiger partial charge < -0.3 is 15.1 Å². The van der Waals surface area contributed by atoms with Crippen molar-refractivity contribution in [3.63, 3.8) is 0 Å². The summed E-state index contributed by atoms with van der Waals surface area (Å²) >= 11 is 0. The SMILES string of the molecule is Cc1cccc(C(=O)N(CC(=O)O)C(C)C)c1O. The molecule has 0 unspecified atom stereocenters. The summed E-state index contributed by atoms with van der Waals surface area (Å²) in [7, 11) is 0. The van der Waals surface area contributed by atoms with Crippen LogP contribution < -0.4 is 0 Å². The van der Waals surface area contributed by atoms with Crippen LogP contribution in [0.5, 0.6) is 5.75 Å². The monoisotopic (exact) mass is 251 g/mol. The zero-order valence-corrected chi connectivity index (χ0v) is 10.7. The van der Waals surface area contributed by atoms with Gasteiger partial charge >= 0.3 is 5.97 Å². The van der Waals surface area contributed by atoms with Gasteiger partial charge in [0, 0.05) is 6.04 Å². The van der Waals surface area contributed by atoms with Gasteiger partial charge in [-0.15, -0.1) is 0 Å². The number of phenolic OH excluding ortho intramolecular Hbond substituents is 1. The molecule has 5 heteroatoms. The third kappa shape index (κ3) is 3.00. The van der Waals surface area contributed by atoms with E-state index >= 15 is 0 Å². The molecule has 98 valence electrons. The van der Waals surface area contributed by atoms with Crippen LogP contribution in [0.15, 0.2) is 18.2 Å². The molecule has 0 aliphatic carbocycles. The van der Waals surface area contributed by atoms with Crippen LogP contribution in [0.25, 0.3) is 0 Å². The Morgan fingerprint density at radius 1 is 1.33 bits per heavy atom. The molecule has 0 spiro atoms. The first kappa shape index (κ1) is 14.0. The average molecular weight is 251 g/mol. The smallest absolute Gasteiger partial charge is 0.323 e. The third-order valence-corrected chi connectivity index (χ3v) is 2.66. The molecule has 5 nitrogen and oxygen atoms in total. The summed E-state index contributed by atoms with van der Waals surface area (Å²) in [6, 6.07) is 4.57. The molecule has 0 aliphatic heterocycles. The number of carbonyl (C=O) groups excluding carboxylic acids is 1. The van der Waals surface area contributed by atoms with Gasteiger partial charge in [-0.2, -0.15) is 0 Å². The maximum absolute atomic E-state index is 12.2. The van der Waals surface area contributed by atoms with Crippen LogP contribution in [0, 0.1) is 6.92 Å². The summed E-state index contributed by atoms with van der Waals surface area (Å²) in [5.74, 6) is -1.66. The van der Waals surface area contributed by atoms with Crippen LogP contribution in [-0.2, 0) is 4.79 Å². The van der Waals surface area contributed by atoms with E-state index in [2.05, 4.69) is 0 Å². The fraction of sp³-hybridized carbons (Fsp3) is 0.385. The van der Waals surface area contributed by atoms with Gasteiger partial charge in [0.05, 0.1) is 5.56 Å². The van der Waals surface area contributed by atoms with Gasteiger partial charge in [-0.05, 0) is 32.4 Å². The minimum absolute atomic E-state index is 0.0986. The first-order valence-corrected chi connectivity index (χ1v) is 5.66. The van der Waals surface area contributed by atoms with Crippen LogP contribution in [0.4, 0.5) is 0 Å². The minimum atomic E-state index is -1.08. The number of hydrogen-bond acceptors (Lipinski definition) is 3. The molecule has 1 aromatic carbocycles. The number of phenols is 1. The lowest BCUT2D eigenvalue weighted by Gasteiger charge is -2.25. The molecule has 0 saturated carbocycles. The van der Waals surface area contributed by atoms with Crippen molar-refractivity contribution in [2.75, 3.05) is 6.54 Å². The van der Waals surface area contributed by atoms with E-state index in [4.69, 9.17) is 5.11 Å². The highest BCUT2D eigenvalue weighted by Gasteiger charge is 2.23. The fourth-order valence-electron chi connectivity index (χ4n) is 1.62. The molecule has 2 N–H and O–H groups in total. The van der Waals surface area contributed by atoms with Gasteiger partial charge in [0.25, 0.3) is 5.91 Å². The van der Waals surface area contributed by atoms with E-state index in [-0.39, 0.29) is 23.9 Å². The van der Waals surface area contributed by atoms with Gasteiger partial charge in [0.2, 0.25) is 0 Å². The van der Waals surface area contributed by atoms with Crippen molar-refractivity contribution in [2.24, 2.45) is 0 Å². The van der Waals surface area contributed by atoms with Crippen molar-refractivity contribution in [3.05, 3.63) is 29.3 Å². The first-order chi connectivity index (χ1) is 8.34. The quantitative estimate of drug-likeness (QED) is 0.852. The van der Waals surface area contributed by atoms with Gasteiger partial charge in [-0.3, -0.25) is 9.59 Å². The number of rotatable bonds is 4. The van der Waals surface area contributed by atoms with Crippen LogP contribution in [0.2, 0.25) is 0 Å². The summed E-state index contributed by atoms with van der Waals surface area (Å²) in [4.78, 5) is 24.1. The Morgan fingerprint density at radius 3 is 2.44 bits per heavy atom. The van der Waals surface area contributed by atoms with Crippen molar-refractivity contribution in [1.82, 2.24) is 4.90 Å². The highest BCUT2D eigenvalue weighted by Crippen LogP contribution is 2.23. The number of aliphatic carboxylic acids is 1. The van der Waals surface area contributed by atoms with Gasteiger partial charge in [-0.1, -0.05) is 12.1 Å². The largest absolute Gasteiger partial charge is 0.507 e. The van der Waals surface area contributed by atoms with Crippen molar-refractivity contribution in [2.45, 2.75) is 26.8 Å². The number of carbonyl (C=O) groups is 2. The molecule has 0 bridgehead atoms. The summed E-state index contributed by atoms with van der Waals surface area (Å²) in [6.45, 7) is 4.76. The van der Waals surface area contributed by atoms with Gasteiger partial charge in [-0.25, -0.2) is 0 Å². The summed E-state index contributed by atoms with van der Waals surface area (Å²) < 4.78 is 0. The number of aryl methyl sites for hydroxylation is 1. The Bertz CT molecular complexity index is 468. The maximum atomic E-state index is 12.2. The van der Waals surface area contributed by atoms with Gasteiger partial charge in [0.1, 0.15) is 12.3 Å². The van der Waals surface area contributed by atoms with Crippen LogP contribution >= 0.6 is 0 Å². The zero-order chi connectivity index (χ0) is 13.9. The normalized spacial score (nSPS) is 10.4. The molecule has 1 rings (SSSR count). The Kier molecular flexibility index (Phi) is 4.31. The molecule has 0 heterocycles. The molecule has 0 saturated heterocycles. The summed E-state index contributed by atoms with van der Waals surface area (Å²) in [5.41, 5.74) is 0.713. The number of carboxylic acid groups (broad SMARTS) is 1. The number of benzene rings is 1. The lowest BCUT2D eigenvalue weighted by molar-refractivity contribution is -0.138. The van der Waals surface area contributed by atoms with Crippen LogP contribution in [-0.4, -0.2) is 39.6 Å². The van der Waals surface area contributed by atoms with Crippen molar-refractivity contribution >= 4 is 11.9 Å². The van der Waals surface area contributed by atoms with Crippen molar-refractivity contribution in [1.29, 1.82) is 0 Å². The Hall–Kier alpha value is -2.04. The lowest BCUT2D eigenvalue weighted by Crippen LogP contribution is -2.40. The number of nitrogens with zero attached hydrogens (tertiary/aromatic N) is 1. The first-order valence-electron chi connectivity index (χ1n) is 5.66. The minimum Gasteiger partial charge on any atom is -0.507 e. The van der Waals surface area contributed by atoms with E-state index < -0.39 is 11.9 Å². The number of aromatic hydroxyl groups is 1. The average Bonchev–Trinajstić information content (AvgIpc) is 2.28. The highest BCUT2D eigenvalue weighted by molar-refractivity contribution is 5.98. The molecule has 0 fully saturated rings. The van der Waals surface area contributed by atoms with E-state index in [1.807, 2.05) is 0 Å². The topological polar surface area (TPSA) is 77.8 Å². The maximum Gasteiger partial charge on any atom is 0.323 e. The molecular formula is C13H17NO4. The number of hydrogen-bond donors (Lipinski definition) is 2. The zero-order valence-electron chi connectivity index (χ0n) is 10.7. The number of amides is 1. The highest BCUT2D eigenvalue weighted by atomic mass is 16.4. The second-order valence-electron chi connectivity index (χ2n) is 4.39. The van der Waals surface area contributed by atoms with E-state index in [1.54, 1.807) is 32.9 Å². The Balaban J connectivity index is 3.10. The van der Waals surface area contributed by atoms with Crippen molar-refractivity contribution in [3.8, 4) is 5.75 Å². The molecular weight excluding hydrogens is 234 g/mol. The third-order valence-electron chi connectivity index (χ3n) is 2.66. The summed E-state index contributed by atoms with van der Waals surface area (Å²) in [5, 5.41) is 18.6. The van der Waals surface area contributed by atoms with E-state index in [0.29, 0.717) is 5.56 Å². The van der Waals surface area contributed by atoms with E-state index in [0.717, 1.165) is 0 Å². The molecule has 1 aromatic rings. The van der Waals surface area contributed by atoms with Crippen LogP contribution in [0.3, 0.4) is 0 Å². The molecule has 0 radical (unpaired) electrons. The van der Waals surface area contributed by atoms with Gasteiger partial charge in [0.15, 0.2) is 0 Å². The van der Waals surface area contributed by atoms with Crippen LogP contribution in [0.1, 0.15) is 29.8 Å². The predicted octanol–water partition coefficient (Wildman–Crippen LogP) is 1.64. The lowest BCUT2D eigenvalue weighted by atomic mass is 10.1. The Labute approximate surface area is 106 Å². The van der Waals surface area contributed by atoms with E-state index in [1.165, 1.54) is 11.0 Å². The molecule has 0 atom stereocenters. The second kappa shape index (κ2) is 5.53. The second-order valence-corrected chi connectivity index (χ2v) is 4.39. The molecule has 0 aromatic heterocycles.